The van der Waals surface area contributed by atoms with Crippen LogP contribution in [0.4, 0.5) is 0 Å². The fourth-order valence-electron chi connectivity index (χ4n) is 1.39. The first kappa shape index (κ1) is 7.15. The van der Waals surface area contributed by atoms with E-state index in [1.54, 1.807) is 6.20 Å². The second kappa shape index (κ2) is 2.51. The number of hydrogen-bond acceptors (Lipinski definition) is 2. The van der Waals surface area contributed by atoms with E-state index in [1.165, 1.54) is 0 Å². The van der Waals surface area contributed by atoms with Gasteiger partial charge in [0, 0.05) is 12.7 Å². The van der Waals surface area contributed by atoms with Crippen LogP contribution in [0.2, 0.25) is 0 Å². The Kier molecular flexibility index (Phi) is 1.49. The van der Waals surface area contributed by atoms with Crippen molar-refractivity contribution in [2.24, 2.45) is 5.73 Å². The monoisotopic (exact) mass is 165 g/mol. The second-order valence-corrected chi connectivity index (χ2v) is 2.85. The van der Waals surface area contributed by atoms with E-state index in [9.17, 15) is 0 Å². The first-order chi connectivity index (χ1) is 5.77. The third-order valence-electron chi connectivity index (χ3n) is 2.08. The molecule has 0 saturated heterocycles. The summed E-state index contributed by atoms with van der Waals surface area (Å²) in [5.41, 5.74) is 6.49. The van der Waals surface area contributed by atoms with E-state index >= 15 is 0 Å². The molecule has 2 heterocycles. The van der Waals surface area contributed by atoms with E-state index in [0.29, 0.717) is 6.54 Å². The molecule has 1 aliphatic heterocycles. The Balaban J connectivity index is 2.20. The van der Waals surface area contributed by atoms with Gasteiger partial charge >= 0.3 is 0 Å². The quantitative estimate of drug-likeness (QED) is 0.405. The minimum atomic E-state index is 0.141. The van der Waals surface area contributed by atoms with Crippen molar-refractivity contribution >= 4 is 5.96 Å². The van der Waals surface area contributed by atoms with Crippen LogP contribution in [0.5, 0.6) is 0 Å². The average molecular weight is 165 g/mol. The van der Waals surface area contributed by atoms with Crippen LogP contribution in [0.3, 0.4) is 0 Å². The van der Waals surface area contributed by atoms with Crippen LogP contribution in [-0.4, -0.2) is 27.2 Å². The van der Waals surface area contributed by atoms with Gasteiger partial charge in [0.2, 0.25) is 0 Å². The van der Waals surface area contributed by atoms with E-state index in [-0.39, 0.29) is 5.96 Å². The Morgan fingerprint density at radius 2 is 2.42 bits per heavy atom. The van der Waals surface area contributed by atoms with Crippen molar-refractivity contribution in [2.75, 3.05) is 6.54 Å². The van der Waals surface area contributed by atoms with Crippen molar-refractivity contribution in [3.8, 4) is 0 Å². The minimum Gasteiger partial charge on any atom is -0.370 e. The second-order valence-electron chi connectivity index (χ2n) is 2.85. The average Bonchev–Trinajstić information content (AvgIpc) is 2.49. The summed E-state index contributed by atoms with van der Waals surface area (Å²) >= 11 is 0. The van der Waals surface area contributed by atoms with Gasteiger partial charge in [-0.3, -0.25) is 10.1 Å². The summed E-state index contributed by atoms with van der Waals surface area (Å²) in [6.45, 7) is 2.31. The standard InChI is InChI=1S/C7H11N5/c8-7(9)11-3-4-12-6(5-11)1-2-10-12/h1-2H,3-5H2,(H3,8,9). The zero-order valence-corrected chi connectivity index (χ0v) is 6.70. The molecule has 1 aromatic heterocycles. The smallest absolute Gasteiger partial charge is 0.188 e. The summed E-state index contributed by atoms with van der Waals surface area (Å²) in [7, 11) is 0. The third kappa shape index (κ3) is 1.03. The lowest BCUT2D eigenvalue weighted by atomic mass is 10.3. The van der Waals surface area contributed by atoms with E-state index in [2.05, 4.69) is 5.10 Å². The molecule has 1 aromatic rings. The normalized spacial score (nSPS) is 15.8. The summed E-state index contributed by atoms with van der Waals surface area (Å²) in [5.74, 6) is 0.141. The number of rotatable bonds is 0. The number of fused-ring (bicyclic) bond motifs is 1. The zero-order chi connectivity index (χ0) is 8.55. The minimum absolute atomic E-state index is 0.141. The van der Waals surface area contributed by atoms with Crippen LogP contribution in [0.15, 0.2) is 12.3 Å². The van der Waals surface area contributed by atoms with Crippen LogP contribution >= 0.6 is 0 Å². The Morgan fingerprint density at radius 3 is 3.17 bits per heavy atom. The molecule has 0 atom stereocenters. The van der Waals surface area contributed by atoms with Gasteiger partial charge in [0.15, 0.2) is 5.96 Å². The van der Waals surface area contributed by atoms with Crippen molar-refractivity contribution in [3.05, 3.63) is 18.0 Å². The van der Waals surface area contributed by atoms with Gasteiger partial charge in [0.1, 0.15) is 0 Å². The topological polar surface area (TPSA) is 70.9 Å². The van der Waals surface area contributed by atoms with Crippen molar-refractivity contribution < 1.29 is 0 Å². The molecular weight excluding hydrogens is 154 g/mol. The van der Waals surface area contributed by atoms with E-state index in [4.69, 9.17) is 11.1 Å². The Bertz CT molecular complexity index is 303. The van der Waals surface area contributed by atoms with Gasteiger partial charge in [-0.1, -0.05) is 0 Å². The Labute approximate surface area is 70.3 Å². The van der Waals surface area contributed by atoms with Gasteiger partial charge < -0.3 is 10.6 Å². The predicted octanol–water partition coefficient (Wildman–Crippen LogP) is -0.408. The van der Waals surface area contributed by atoms with Crippen LogP contribution in [0.1, 0.15) is 5.69 Å². The fourth-order valence-corrected chi connectivity index (χ4v) is 1.39. The number of guanidine groups is 1. The molecule has 5 heteroatoms. The van der Waals surface area contributed by atoms with E-state index in [0.717, 1.165) is 18.8 Å². The maximum Gasteiger partial charge on any atom is 0.188 e. The van der Waals surface area contributed by atoms with Crippen LogP contribution in [-0.2, 0) is 13.1 Å². The summed E-state index contributed by atoms with van der Waals surface area (Å²) in [6.07, 6.45) is 1.78. The van der Waals surface area contributed by atoms with Crippen LogP contribution < -0.4 is 5.73 Å². The highest BCUT2D eigenvalue weighted by Crippen LogP contribution is 2.09. The first-order valence-corrected chi connectivity index (χ1v) is 3.87. The van der Waals surface area contributed by atoms with Crippen molar-refractivity contribution in [1.82, 2.24) is 14.7 Å². The maximum atomic E-state index is 7.26. The Hall–Kier alpha value is -1.52. The molecule has 0 spiro atoms. The van der Waals surface area contributed by atoms with Gasteiger partial charge in [0.05, 0.1) is 18.8 Å². The summed E-state index contributed by atoms with van der Waals surface area (Å²) in [5, 5.41) is 11.4. The molecule has 1 aliphatic rings. The van der Waals surface area contributed by atoms with Gasteiger partial charge in [-0.05, 0) is 6.07 Å². The van der Waals surface area contributed by atoms with Gasteiger partial charge in [-0.25, -0.2) is 0 Å². The van der Waals surface area contributed by atoms with Crippen LogP contribution in [0, 0.1) is 5.41 Å². The molecule has 2 rings (SSSR count). The zero-order valence-electron chi connectivity index (χ0n) is 6.70. The number of hydrogen-bond donors (Lipinski definition) is 2. The first-order valence-electron chi connectivity index (χ1n) is 3.87. The van der Waals surface area contributed by atoms with Crippen molar-refractivity contribution in [2.45, 2.75) is 13.1 Å². The lowest BCUT2D eigenvalue weighted by Gasteiger charge is -2.27. The molecule has 0 saturated carbocycles. The lowest BCUT2D eigenvalue weighted by Crippen LogP contribution is -2.41. The molecule has 0 aliphatic carbocycles. The molecule has 0 unspecified atom stereocenters. The maximum absolute atomic E-state index is 7.26. The molecular formula is C7H11N5. The lowest BCUT2D eigenvalue weighted by molar-refractivity contribution is 0.316. The largest absolute Gasteiger partial charge is 0.370 e. The third-order valence-corrected chi connectivity index (χ3v) is 2.08. The van der Waals surface area contributed by atoms with Gasteiger partial charge in [0.25, 0.3) is 0 Å². The highest BCUT2D eigenvalue weighted by atomic mass is 15.4. The summed E-state index contributed by atoms with van der Waals surface area (Å²) in [4.78, 5) is 1.83. The Morgan fingerprint density at radius 1 is 1.58 bits per heavy atom. The summed E-state index contributed by atoms with van der Waals surface area (Å²) < 4.78 is 1.94. The molecule has 12 heavy (non-hydrogen) atoms. The molecule has 0 fully saturated rings. The van der Waals surface area contributed by atoms with Crippen molar-refractivity contribution in [3.63, 3.8) is 0 Å². The SMILES string of the molecule is N=C(N)N1CCn2nccc2C1. The van der Waals surface area contributed by atoms with Crippen molar-refractivity contribution in [1.29, 1.82) is 5.41 Å². The molecule has 5 nitrogen and oxygen atoms in total. The molecule has 64 valence electrons. The number of nitrogens with two attached hydrogens (primary N) is 1. The fraction of sp³-hybridized carbons (Fsp3) is 0.429. The van der Waals surface area contributed by atoms with E-state index < -0.39 is 0 Å². The summed E-state index contributed by atoms with van der Waals surface area (Å²) in [6, 6.07) is 1.95. The van der Waals surface area contributed by atoms with Crippen LogP contribution in [0.25, 0.3) is 0 Å². The molecule has 0 amide bonds. The molecule has 0 bridgehead atoms. The number of nitrogens with one attached hydrogen (secondary N) is 1. The highest BCUT2D eigenvalue weighted by Gasteiger charge is 2.16. The van der Waals surface area contributed by atoms with Gasteiger partial charge in [-0.2, -0.15) is 5.10 Å². The molecule has 0 aromatic carbocycles. The number of aromatic nitrogens is 2. The van der Waals surface area contributed by atoms with E-state index in [1.807, 2.05) is 15.6 Å². The molecule has 3 N–H and O–H groups in total. The highest BCUT2D eigenvalue weighted by molar-refractivity contribution is 5.74. The predicted molar refractivity (Wildman–Crippen MR) is 44.6 cm³/mol. The van der Waals surface area contributed by atoms with Gasteiger partial charge in [-0.15, -0.1) is 0 Å². The molecule has 0 radical (unpaired) electrons. The number of nitrogens with zero attached hydrogens (tertiary/aromatic N) is 3.